The van der Waals surface area contributed by atoms with Crippen molar-refractivity contribution in [2.24, 2.45) is 0 Å². The van der Waals surface area contributed by atoms with Gasteiger partial charge in [0.25, 0.3) is 5.91 Å². The van der Waals surface area contributed by atoms with Gasteiger partial charge in [-0.2, -0.15) is 8.78 Å². The van der Waals surface area contributed by atoms with Crippen molar-refractivity contribution in [3.63, 3.8) is 0 Å². The molecule has 38 heavy (non-hydrogen) atoms. The molecule has 3 N–H and O–H groups in total. The zero-order chi connectivity index (χ0) is 27.8. The van der Waals surface area contributed by atoms with Gasteiger partial charge < -0.3 is 24.8 Å². The average Bonchev–Trinajstić information content (AvgIpc) is 3.48. The van der Waals surface area contributed by atoms with Gasteiger partial charge in [-0.15, -0.1) is 0 Å². The van der Waals surface area contributed by atoms with Crippen molar-refractivity contribution in [3.05, 3.63) is 41.5 Å². The van der Waals surface area contributed by atoms with Crippen molar-refractivity contribution in [2.45, 2.75) is 32.9 Å². The minimum atomic E-state index is -3.18. The number of likely N-dealkylation sites (N-methyl/N-ethyl adjacent to an activating group) is 1. The molecule has 3 rings (SSSR count). The largest absolute Gasteiger partial charge is 0.442 e. The number of benzene rings is 1. The van der Waals surface area contributed by atoms with Crippen LogP contribution in [0.15, 0.2) is 28.8 Å². The molecule has 208 valence electrons. The molecular weight excluding hydrogens is 511 g/mol. The number of nitrogens with zero attached hydrogens (tertiary/aromatic N) is 4. The molecule has 0 bridgehead atoms. The first kappa shape index (κ1) is 28.6. The van der Waals surface area contributed by atoms with Gasteiger partial charge in [0.2, 0.25) is 0 Å². The molecular formula is C23H30F3N7O5. The van der Waals surface area contributed by atoms with E-state index in [2.05, 4.69) is 15.9 Å². The summed E-state index contributed by atoms with van der Waals surface area (Å²) in [6.07, 6.45) is -4.81. The minimum Gasteiger partial charge on any atom is -0.442 e. The molecule has 4 amide bonds. The number of ether oxygens (including phenoxy) is 1. The number of urea groups is 1. The molecule has 2 aromatic rings. The third-order valence-corrected chi connectivity index (χ3v) is 5.75. The predicted molar refractivity (Wildman–Crippen MR) is 130 cm³/mol. The van der Waals surface area contributed by atoms with Crippen LogP contribution < -0.4 is 25.9 Å². The Kier molecular flexibility index (Phi) is 9.76. The quantitative estimate of drug-likeness (QED) is 0.348. The van der Waals surface area contributed by atoms with E-state index in [1.807, 2.05) is 12.2 Å². The van der Waals surface area contributed by atoms with Crippen LogP contribution in [-0.4, -0.2) is 80.5 Å². The Hall–Kier alpha value is -4.01. The second-order valence-electron chi connectivity index (χ2n) is 8.34. The van der Waals surface area contributed by atoms with Crippen molar-refractivity contribution >= 4 is 29.4 Å². The monoisotopic (exact) mass is 541 g/mol. The standard InChI is InChI=1S/C23H30F3N7O5/c1-4-31(7-8-33(27-3)22(35)29-11-15-9-14(2)38-30-15)19-6-5-16(10-18(19)24)32-13-17(37-23(32)36)12-28-21(34)20(25)26/h5-6,9-10,17,20,27H,4,7-8,11-13H2,1-3H3,(H,28,34)(H,29,35)/t17-/m0/s1. The maximum absolute atomic E-state index is 15.1. The van der Waals surface area contributed by atoms with E-state index in [1.54, 1.807) is 24.9 Å². The molecule has 1 atom stereocenters. The summed E-state index contributed by atoms with van der Waals surface area (Å²) in [6, 6.07) is 5.52. The van der Waals surface area contributed by atoms with Crippen molar-refractivity contribution in [3.8, 4) is 0 Å². The zero-order valence-corrected chi connectivity index (χ0v) is 21.2. The van der Waals surface area contributed by atoms with Gasteiger partial charge in [0.1, 0.15) is 23.4 Å². The highest BCUT2D eigenvalue weighted by atomic mass is 19.3. The van der Waals surface area contributed by atoms with E-state index < -0.39 is 36.4 Å². The SMILES string of the molecule is CCN(CCN(NC)C(=O)NCc1cc(C)on1)c1ccc(N2C[C@H](CNC(=O)C(F)F)OC2=O)cc1F. The number of hydrogen-bond acceptors (Lipinski definition) is 8. The molecule has 1 aromatic carbocycles. The molecule has 0 unspecified atom stereocenters. The van der Waals surface area contributed by atoms with Crippen LogP contribution in [0.2, 0.25) is 0 Å². The third-order valence-electron chi connectivity index (χ3n) is 5.75. The number of alkyl halides is 2. The number of hydrogen-bond donors (Lipinski definition) is 3. The summed E-state index contributed by atoms with van der Waals surface area (Å²) >= 11 is 0. The maximum atomic E-state index is 15.1. The molecule has 12 nitrogen and oxygen atoms in total. The number of hydrazine groups is 1. The predicted octanol–water partition coefficient (Wildman–Crippen LogP) is 2.00. The second-order valence-corrected chi connectivity index (χ2v) is 8.34. The molecule has 1 aliphatic rings. The first-order valence-corrected chi connectivity index (χ1v) is 11.9. The molecule has 1 aromatic heterocycles. The number of carbonyl (C=O) groups excluding carboxylic acids is 3. The van der Waals surface area contributed by atoms with Gasteiger partial charge in [-0.05, 0) is 32.0 Å². The van der Waals surface area contributed by atoms with E-state index in [4.69, 9.17) is 9.26 Å². The first-order chi connectivity index (χ1) is 18.1. The molecule has 0 saturated carbocycles. The lowest BCUT2D eigenvalue weighted by Gasteiger charge is -2.28. The van der Waals surface area contributed by atoms with Gasteiger partial charge in [-0.25, -0.2) is 19.4 Å². The number of halogens is 3. The Bertz CT molecular complexity index is 1130. The fraction of sp³-hybridized carbons (Fsp3) is 0.478. The van der Waals surface area contributed by atoms with Crippen LogP contribution in [0.25, 0.3) is 0 Å². The van der Waals surface area contributed by atoms with Crippen molar-refractivity contribution in [2.75, 3.05) is 49.6 Å². The molecule has 0 radical (unpaired) electrons. The van der Waals surface area contributed by atoms with Gasteiger partial charge in [0.15, 0.2) is 0 Å². The Morgan fingerprint density at radius 3 is 2.61 bits per heavy atom. The minimum absolute atomic E-state index is 0.0429. The number of rotatable bonds is 12. The van der Waals surface area contributed by atoms with Gasteiger partial charge in [0, 0.05) is 26.2 Å². The molecule has 1 saturated heterocycles. The van der Waals surface area contributed by atoms with Crippen LogP contribution in [0.3, 0.4) is 0 Å². The van der Waals surface area contributed by atoms with E-state index in [0.717, 1.165) is 4.90 Å². The summed E-state index contributed by atoms with van der Waals surface area (Å²) in [5, 5.41) is 9.88. The number of amides is 4. The number of anilines is 2. The lowest BCUT2D eigenvalue weighted by atomic mass is 10.2. The van der Waals surface area contributed by atoms with Crippen LogP contribution in [0.5, 0.6) is 0 Å². The van der Waals surface area contributed by atoms with Gasteiger partial charge >= 0.3 is 18.5 Å². The highest BCUT2D eigenvalue weighted by Gasteiger charge is 2.33. The number of cyclic esters (lactones) is 1. The summed E-state index contributed by atoms with van der Waals surface area (Å²) in [7, 11) is 1.59. The van der Waals surface area contributed by atoms with E-state index in [9.17, 15) is 23.2 Å². The van der Waals surface area contributed by atoms with Crippen molar-refractivity contribution in [1.82, 2.24) is 26.2 Å². The molecule has 1 fully saturated rings. The smallest absolute Gasteiger partial charge is 0.414 e. The summed E-state index contributed by atoms with van der Waals surface area (Å²) in [5.74, 6) is -1.44. The third kappa shape index (κ3) is 7.27. The zero-order valence-electron chi connectivity index (χ0n) is 21.2. The Morgan fingerprint density at radius 1 is 1.24 bits per heavy atom. The van der Waals surface area contributed by atoms with Crippen molar-refractivity contribution in [1.29, 1.82) is 0 Å². The number of aromatic nitrogens is 1. The molecule has 1 aliphatic heterocycles. The van der Waals surface area contributed by atoms with E-state index >= 15 is 4.39 Å². The fourth-order valence-electron chi connectivity index (χ4n) is 3.80. The first-order valence-electron chi connectivity index (χ1n) is 11.9. The highest BCUT2D eigenvalue weighted by Crippen LogP contribution is 2.28. The topological polar surface area (TPSA) is 132 Å². The van der Waals surface area contributed by atoms with Gasteiger partial charge in [0.05, 0.1) is 37.6 Å². The van der Waals surface area contributed by atoms with E-state index in [1.165, 1.54) is 23.2 Å². The van der Waals surface area contributed by atoms with Crippen molar-refractivity contribution < 1.29 is 36.8 Å². The summed E-state index contributed by atoms with van der Waals surface area (Å²) < 4.78 is 49.9. The number of aryl methyl sites for hydroxylation is 1. The molecule has 0 aliphatic carbocycles. The number of carbonyl (C=O) groups is 3. The summed E-state index contributed by atoms with van der Waals surface area (Å²) in [4.78, 5) is 38.7. The average molecular weight is 542 g/mol. The van der Waals surface area contributed by atoms with Crippen LogP contribution in [0.1, 0.15) is 18.4 Å². The lowest BCUT2D eigenvalue weighted by molar-refractivity contribution is -0.132. The highest BCUT2D eigenvalue weighted by molar-refractivity contribution is 5.90. The molecule has 15 heteroatoms. The molecule has 0 spiro atoms. The summed E-state index contributed by atoms with van der Waals surface area (Å²) in [5.41, 5.74) is 3.86. The second kappa shape index (κ2) is 13.0. The Morgan fingerprint density at radius 2 is 2.00 bits per heavy atom. The maximum Gasteiger partial charge on any atom is 0.414 e. The van der Waals surface area contributed by atoms with E-state index in [0.29, 0.717) is 24.5 Å². The Labute approximate surface area is 217 Å². The fourth-order valence-corrected chi connectivity index (χ4v) is 3.80. The van der Waals surface area contributed by atoms with Crippen LogP contribution >= 0.6 is 0 Å². The summed E-state index contributed by atoms with van der Waals surface area (Å²) in [6.45, 7) is 4.38. The van der Waals surface area contributed by atoms with Gasteiger partial charge in [-0.3, -0.25) is 14.7 Å². The normalized spacial score (nSPS) is 15.0. The van der Waals surface area contributed by atoms with E-state index in [-0.39, 0.29) is 37.6 Å². The molecule has 2 heterocycles. The van der Waals surface area contributed by atoms with Crippen LogP contribution in [0.4, 0.5) is 34.1 Å². The van der Waals surface area contributed by atoms with Crippen LogP contribution in [-0.2, 0) is 16.1 Å². The lowest BCUT2D eigenvalue weighted by Crippen LogP contribution is -2.49. The number of nitrogens with one attached hydrogen (secondary N) is 3. The van der Waals surface area contributed by atoms with Crippen LogP contribution in [0, 0.1) is 12.7 Å². The van der Waals surface area contributed by atoms with Gasteiger partial charge in [-0.1, -0.05) is 5.16 Å². The Balaban J connectivity index is 1.57.